The molecule has 0 saturated carbocycles. The van der Waals surface area contributed by atoms with Crippen molar-refractivity contribution in [3.8, 4) is 0 Å². The van der Waals surface area contributed by atoms with E-state index in [2.05, 4.69) is 19.1 Å². The summed E-state index contributed by atoms with van der Waals surface area (Å²) in [5.41, 5.74) is 6.70. The lowest BCUT2D eigenvalue weighted by Gasteiger charge is -2.16. The predicted octanol–water partition coefficient (Wildman–Crippen LogP) is 0.828. The SMILES string of the molecule is CC1C=C(C(N)CO)C=CC1. The highest BCUT2D eigenvalue weighted by molar-refractivity contribution is 5.28. The fourth-order valence-electron chi connectivity index (χ4n) is 1.22. The maximum atomic E-state index is 8.77. The van der Waals surface area contributed by atoms with Crippen LogP contribution in [0.1, 0.15) is 13.3 Å². The lowest BCUT2D eigenvalue weighted by atomic mass is 9.94. The van der Waals surface area contributed by atoms with Crippen molar-refractivity contribution in [2.75, 3.05) is 6.61 Å². The van der Waals surface area contributed by atoms with Gasteiger partial charge in [-0.3, -0.25) is 0 Å². The van der Waals surface area contributed by atoms with Gasteiger partial charge in [-0.2, -0.15) is 0 Å². The molecule has 0 spiro atoms. The van der Waals surface area contributed by atoms with Gasteiger partial charge in [0.05, 0.1) is 12.6 Å². The first-order chi connectivity index (χ1) is 5.24. The van der Waals surface area contributed by atoms with Crippen molar-refractivity contribution in [1.82, 2.24) is 0 Å². The number of allylic oxidation sites excluding steroid dienone is 2. The molecule has 0 bridgehead atoms. The van der Waals surface area contributed by atoms with Gasteiger partial charge in [-0.25, -0.2) is 0 Å². The summed E-state index contributed by atoms with van der Waals surface area (Å²) in [5, 5.41) is 8.77. The molecular weight excluding hydrogens is 138 g/mol. The van der Waals surface area contributed by atoms with E-state index >= 15 is 0 Å². The largest absolute Gasteiger partial charge is 0.394 e. The molecule has 2 atom stereocenters. The van der Waals surface area contributed by atoms with Gasteiger partial charge in [0.15, 0.2) is 0 Å². The van der Waals surface area contributed by atoms with Crippen LogP contribution in [-0.4, -0.2) is 17.8 Å². The van der Waals surface area contributed by atoms with Crippen LogP contribution in [0, 0.1) is 5.92 Å². The predicted molar refractivity (Wildman–Crippen MR) is 46.1 cm³/mol. The smallest absolute Gasteiger partial charge is 0.0624 e. The van der Waals surface area contributed by atoms with Crippen LogP contribution in [0.3, 0.4) is 0 Å². The summed E-state index contributed by atoms with van der Waals surface area (Å²) in [6.07, 6.45) is 7.32. The summed E-state index contributed by atoms with van der Waals surface area (Å²) < 4.78 is 0. The summed E-state index contributed by atoms with van der Waals surface area (Å²) in [6.45, 7) is 2.18. The summed E-state index contributed by atoms with van der Waals surface area (Å²) in [5.74, 6) is 0.563. The van der Waals surface area contributed by atoms with Gasteiger partial charge in [-0.1, -0.05) is 25.2 Å². The minimum absolute atomic E-state index is 0.0306. The van der Waals surface area contributed by atoms with E-state index in [-0.39, 0.29) is 12.6 Å². The van der Waals surface area contributed by atoms with E-state index in [9.17, 15) is 0 Å². The zero-order chi connectivity index (χ0) is 8.27. The lowest BCUT2D eigenvalue weighted by Crippen LogP contribution is -2.27. The zero-order valence-electron chi connectivity index (χ0n) is 6.83. The Hall–Kier alpha value is -0.600. The Morgan fingerprint density at radius 1 is 1.82 bits per heavy atom. The van der Waals surface area contributed by atoms with E-state index in [1.807, 2.05) is 6.08 Å². The number of aliphatic hydroxyl groups is 1. The normalized spacial score (nSPS) is 26.5. The van der Waals surface area contributed by atoms with Gasteiger partial charge in [0, 0.05) is 0 Å². The van der Waals surface area contributed by atoms with Gasteiger partial charge in [-0.05, 0) is 17.9 Å². The van der Waals surface area contributed by atoms with E-state index in [0.29, 0.717) is 5.92 Å². The minimum Gasteiger partial charge on any atom is -0.394 e. The van der Waals surface area contributed by atoms with Crippen molar-refractivity contribution in [3.63, 3.8) is 0 Å². The second kappa shape index (κ2) is 3.69. The van der Waals surface area contributed by atoms with Crippen molar-refractivity contribution >= 4 is 0 Å². The molecular formula is C9H15NO. The third kappa shape index (κ3) is 2.17. The van der Waals surface area contributed by atoms with Gasteiger partial charge in [0.25, 0.3) is 0 Å². The van der Waals surface area contributed by atoms with E-state index in [4.69, 9.17) is 10.8 Å². The molecule has 2 heteroatoms. The first-order valence-corrected chi connectivity index (χ1v) is 3.98. The summed E-state index contributed by atoms with van der Waals surface area (Å²) in [7, 11) is 0. The summed E-state index contributed by atoms with van der Waals surface area (Å²) in [6, 6.07) is -0.200. The molecule has 62 valence electrons. The summed E-state index contributed by atoms with van der Waals surface area (Å²) >= 11 is 0. The highest BCUT2D eigenvalue weighted by Crippen LogP contribution is 2.17. The van der Waals surface area contributed by atoms with Gasteiger partial charge in [0.2, 0.25) is 0 Å². The number of hydrogen-bond acceptors (Lipinski definition) is 2. The molecule has 0 aromatic rings. The molecule has 0 amide bonds. The van der Waals surface area contributed by atoms with Crippen LogP contribution in [0.25, 0.3) is 0 Å². The van der Waals surface area contributed by atoms with Crippen LogP contribution in [-0.2, 0) is 0 Å². The number of nitrogens with two attached hydrogens (primary N) is 1. The maximum absolute atomic E-state index is 8.77. The highest BCUT2D eigenvalue weighted by atomic mass is 16.3. The van der Waals surface area contributed by atoms with Gasteiger partial charge < -0.3 is 10.8 Å². The van der Waals surface area contributed by atoms with Crippen LogP contribution in [0.4, 0.5) is 0 Å². The number of aliphatic hydroxyl groups excluding tert-OH is 1. The molecule has 1 aliphatic carbocycles. The fourth-order valence-corrected chi connectivity index (χ4v) is 1.22. The van der Waals surface area contributed by atoms with Gasteiger partial charge in [-0.15, -0.1) is 0 Å². The number of hydrogen-bond donors (Lipinski definition) is 2. The van der Waals surface area contributed by atoms with Gasteiger partial charge in [0.1, 0.15) is 0 Å². The first-order valence-electron chi connectivity index (χ1n) is 3.98. The van der Waals surface area contributed by atoms with Crippen LogP contribution in [0.5, 0.6) is 0 Å². The van der Waals surface area contributed by atoms with Crippen LogP contribution in [0.2, 0.25) is 0 Å². The molecule has 0 aliphatic heterocycles. The third-order valence-corrected chi connectivity index (χ3v) is 1.92. The van der Waals surface area contributed by atoms with Crippen LogP contribution < -0.4 is 5.73 Å². The Bertz CT molecular complexity index is 184. The Balaban J connectivity index is 2.63. The van der Waals surface area contributed by atoms with E-state index < -0.39 is 0 Å². The van der Waals surface area contributed by atoms with Crippen molar-refractivity contribution in [2.24, 2.45) is 11.7 Å². The van der Waals surface area contributed by atoms with Crippen LogP contribution in [0.15, 0.2) is 23.8 Å². The molecule has 11 heavy (non-hydrogen) atoms. The summed E-state index contributed by atoms with van der Waals surface area (Å²) in [4.78, 5) is 0. The maximum Gasteiger partial charge on any atom is 0.0624 e. The second-order valence-electron chi connectivity index (χ2n) is 3.07. The molecule has 3 N–H and O–H groups in total. The third-order valence-electron chi connectivity index (χ3n) is 1.92. The molecule has 0 aromatic heterocycles. The zero-order valence-corrected chi connectivity index (χ0v) is 6.83. The molecule has 1 rings (SSSR count). The van der Waals surface area contributed by atoms with E-state index in [0.717, 1.165) is 12.0 Å². The molecule has 2 unspecified atom stereocenters. The standard InChI is InChI=1S/C9H15NO/c1-7-3-2-4-8(5-7)9(10)6-11/h2,4-5,7,9,11H,3,6,10H2,1H3. The lowest BCUT2D eigenvalue weighted by molar-refractivity contribution is 0.280. The molecule has 1 aliphatic rings. The van der Waals surface area contributed by atoms with Crippen LogP contribution >= 0.6 is 0 Å². The molecule has 0 saturated heterocycles. The molecule has 2 nitrogen and oxygen atoms in total. The minimum atomic E-state index is -0.200. The Morgan fingerprint density at radius 3 is 3.09 bits per heavy atom. The van der Waals surface area contributed by atoms with Gasteiger partial charge >= 0.3 is 0 Å². The monoisotopic (exact) mass is 153 g/mol. The molecule has 0 radical (unpaired) electrons. The van der Waals surface area contributed by atoms with E-state index in [1.54, 1.807) is 0 Å². The van der Waals surface area contributed by atoms with Crippen molar-refractivity contribution < 1.29 is 5.11 Å². The molecule has 0 fully saturated rings. The Morgan fingerprint density at radius 2 is 2.55 bits per heavy atom. The second-order valence-corrected chi connectivity index (χ2v) is 3.07. The molecule has 0 aromatic carbocycles. The topological polar surface area (TPSA) is 46.2 Å². The number of rotatable bonds is 2. The average molecular weight is 153 g/mol. The first kappa shape index (κ1) is 8.50. The van der Waals surface area contributed by atoms with E-state index in [1.165, 1.54) is 0 Å². The quantitative estimate of drug-likeness (QED) is 0.617. The Kier molecular flexibility index (Phi) is 2.85. The molecule has 0 heterocycles. The fraction of sp³-hybridized carbons (Fsp3) is 0.556. The van der Waals surface area contributed by atoms with Crippen molar-refractivity contribution in [2.45, 2.75) is 19.4 Å². The Labute approximate surface area is 67.4 Å². The van der Waals surface area contributed by atoms with Crippen molar-refractivity contribution in [3.05, 3.63) is 23.8 Å². The van der Waals surface area contributed by atoms with Crippen molar-refractivity contribution in [1.29, 1.82) is 0 Å². The average Bonchev–Trinajstić information content (AvgIpc) is 2.03. The highest BCUT2D eigenvalue weighted by Gasteiger charge is 2.09.